The molecule has 0 aromatic heterocycles. The third-order valence-corrected chi connectivity index (χ3v) is 3.47. The third-order valence-electron chi connectivity index (χ3n) is 2.98. The lowest BCUT2D eigenvalue weighted by atomic mass is 9.90. The molecule has 90 valence electrons. The quantitative estimate of drug-likeness (QED) is 0.866. The Bertz CT molecular complexity index is 487. The van der Waals surface area contributed by atoms with E-state index >= 15 is 0 Å². The topological polar surface area (TPSA) is 57.6 Å². The molecule has 1 aliphatic heterocycles. The lowest BCUT2D eigenvalue weighted by molar-refractivity contribution is -0.139. The number of nitrogens with zero attached hydrogens (tertiary/aromatic N) is 1. The minimum atomic E-state index is -0.840. The number of amides is 1. The normalized spacial score (nSPS) is 18.7. The molecule has 0 radical (unpaired) electrons. The van der Waals surface area contributed by atoms with E-state index in [1.54, 1.807) is 17.0 Å². The van der Waals surface area contributed by atoms with Gasteiger partial charge in [0.1, 0.15) is 0 Å². The van der Waals surface area contributed by atoms with Gasteiger partial charge in [-0.2, -0.15) is 0 Å². The van der Waals surface area contributed by atoms with E-state index in [-0.39, 0.29) is 5.91 Å². The van der Waals surface area contributed by atoms with Gasteiger partial charge in [-0.15, -0.1) is 0 Å². The second-order valence-corrected chi connectivity index (χ2v) is 4.97. The molecule has 5 heteroatoms. The highest BCUT2D eigenvalue weighted by molar-refractivity contribution is 9.10. The van der Waals surface area contributed by atoms with Crippen LogP contribution in [0, 0.1) is 0 Å². The molecule has 2 rings (SSSR count). The minimum Gasteiger partial charge on any atom is -0.481 e. The zero-order valence-electron chi connectivity index (χ0n) is 9.31. The van der Waals surface area contributed by atoms with Crippen molar-refractivity contribution in [2.45, 2.75) is 19.3 Å². The number of aliphatic carboxylic acids is 1. The Hall–Kier alpha value is -1.36. The first kappa shape index (κ1) is 12.1. The van der Waals surface area contributed by atoms with Gasteiger partial charge in [0, 0.05) is 23.6 Å². The number of benzene rings is 1. The lowest BCUT2D eigenvalue weighted by Gasteiger charge is -2.32. The number of hydrogen-bond acceptors (Lipinski definition) is 2. The van der Waals surface area contributed by atoms with Crippen LogP contribution in [0.25, 0.3) is 0 Å². The fourth-order valence-electron chi connectivity index (χ4n) is 2.17. The van der Waals surface area contributed by atoms with E-state index in [0.29, 0.717) is 24.2 Å². The van der Waals surface area contributed by atoms with Crippen LogP contribution >= 0.6 is 15.9 Å². The maximum absolute atomic E-state index is 11.5. The summed E-state index contributed by atoms with van der Waals surface area (Å²) in [4.78, 5) is 24.3. The first-order valence-electron chi connectivity index (χ1n) is 5.31. The number of carbonyl (C=O) groups excluding carboxylic acids is 1. The lowest BCUT2D eigenvalue weighted by Crippen LogP contribution is -2.36. The van der Waals surface area contributed by atoms with Gasteiger partial charge in [-0.25, -0.2) is 0 Å². The molecule has 0 spiro atoms. The van der Waals surface area contributed by atoms with Gasteiger partial charge in [0.25, 0.3) is 0 Å². The molecule has 0 bridgehead atoms. The van der Waals surface area contributed by atoms with Gasteiger partial charge in [-0.1, -0.05) is 15.9 Å². The number of carboxylic acids is 1. The predicted octanol–water partition coefficient (Wildman–Crippen LogP) is 2.37. The van der Waals surface area contributed by atoms with Crippen LogP contribution in [0.3, 0.4) is 0 Å². The molecule has 1 N–H and O–H groups in total. The number of hydrogen-bond donors (Lipinski definition) is 1. The van der Waals surface area contributed by atoms with Gasteiger partial charge >= 0.3 is 5.97 Å². The summed E-state index contributed by atoms with van der Waals surface area (Å²) in [6, 6.07) is 5.39. The van der Waals surface area contributed by atoms with Gasteiger partial charge in [-0.3, -0.25) is 9.59 Å². The fourth-order valence-corrected chi connectivity index (χ4v) is 2.55. The summed E-state index contributed by atoms with van der Waals surface area (Å²) in [6.45, 7) is 1.95. The second kappa shape index (κ2) is 4.49. The van der Waals surface area contributed by atoms with Crippen molar-refractivity contribution in [3.05, 3.63) is 28.2 Å². The highest BCUT2D eigenvalue weighted by atomic mass is 79.9. The molecule has 0 fully saturated rings. The Morgan fingerprint density at radius 1 is 1.47 bits per heavy atom. The van der Waals surface area contributed by atoms with Crippen molar-refractivity contribution in [3.63, 3.8) is 0 Å². The zero-order chi connectivity index (χ0) is 12.6. The number of fused-ring (bicyclic) bond motifs is 1. The van der Waals surface area contributed by atoms with Gasteiger partial charge < -0.3 is 10.0 Å². The first-order chi connectivity index (χ1) is 8.00. The van der Waals surface area contributed by atoms with Crippen molar-refractivity contribution in [1.82, 2.24) is 0 Å². The molecule has 4 nitrogen and oxygen atoms in total. The number of carboxylic acid groups (broad SMARTS) is 1. The fraction of sp³-hybridized carbons (Fsp3) is 0.333. The van der Waals surface area contributed by atoms with Crippen molar-refractivity contribution < 1.29 is 14.7 Å². The SMILES string of the molecule is CC(=O)N1CCC(C(=O)O)c2cc(Br)ccc21. The van der Waals surface area contributed by atoms with Crippen molar-refractivity contribution in [3.8, 4) is 0 Å². The molecule has 1 aromatic carbocycles. The van der Waals surface area contributed by atoms with Crippen LogP contribution in [0.1, 0.15) is 24.8 Å². The zero-order valence-corrected chi connectivity index (χ0v) is 10.9. The summed E-state index contributed by atoms with van der Waals surface area (Å²) in [5.41, 5.74) is 1.41. The second-order valence-electron chi connectivity index (χ2n) is 4.05. The van der Waals surface area contributed by atoms with Crippen molar-refractivity contribution in [1.29, 1.82) is 0 Å². The van der Waals surface area contributed by atoms with Crippen LogP contribution < -0.4 is 4.90 Å². The molecule has 1 aromatic rings. The van der Waals surface area contributed by atoms with Crippen LogP contribution in [0.4, 0.5) is 5.69 Å². The Kier molecular flexibility index (Phi) is 3.19. The van der Waals surface area contributed by atoms with Gasteiger partial charge in [0.2, 0.25) is 5.91 Å². The largest absolute Gasteiger partial charge is 0.481 e. The van der Waals surface area contributed by atoms with Crippen molar-refractivity contribution >= 4 is 33.5 Å². The Balaban J connectivity index is 2.53. The maximum Gasteiger partial charge on any atom is 0.311 e. The highest BCUT2D eigenvalue weighted by Crippen LogP contribution is 2.37. The molecular formula is C12H12BrNO3. The van der Waals surface area contributed by atoms with Crippen LogP contribution in [0.15, 0.2) is 22.7 Å². The van der Waals surface area contributed by atoms with E-state index in [1.807, 2.05) is 6.07 Å². The predicted molar refractivity (Wildman–Crippen MR) is 67.2 cm³/mol. The molecule has 0 aliphatic carbocycles. The smallest absolute Gasteiger partial charge is 0.311 e. The average molecular weight is 298 g/mol. The third kappa shape index (κ3) is 2.20. The van der Waals surface area contributed by atoms with E-state index < -0.39 is 11.9 Å². The summed E-state index contributed by atoms with van der Waals surface area (Å²) < 4.78 is 0.827. The summed E-state index contributed by atoms with van der Waals surface area (Å²) >= 11 is 3.33. The average Bonchev–Trinajstić information content (AvgIpc) is 2.26. The molecule has 0 saturated carbocycles. The maximum atomic E-state index is 11.5. The van der Waals surface area contributed by atoms with Crippen LogP contribution in [-0.2, 0) is 9.59 Å². The Morgan fingerprint density at radius 2 is 2.18 bits per heavy atom. The number of rotatable bonds is 1. The van der Waals surface area contributed by atoms with Gasteiger partial charge in [0.05, 0.1) is 5.92 Å². The van der Waals surface area contributed by atoms with Gasteiger partial charge in [-0.05, 0) is 30.2 Å². The van der Waals surface area contributed by atoms with E-state index in [4.69, 9.17) is 0 Å². The number of halogens is 1. The van der Waals surface area contributed by atoms with E-state index in [1.165, 1.54) is 6.92 Å². The Labute approximate surface area is 107 Å². The van der Waals surface area contributed by atoms with Crippen LogP contribution in [0.2, 0.25) is 0 Å². The summed E-state index contributed by atoms with van der Waals surface area (Å²) in [6.07, 6.45) is 0.457. The van der Waals surface area contributed by atoms with Crippen molar-refractivity contribution in [2.75, 3.05) is 11.4 Å². The highest BCUT2D eigenvalue weighted by Gasteiger charge is 2.31. The van der Waals surface area contributed by atoms with Crippen molar-refractivity contribution in [2.24, 2.45) is 0 Å². The molecule has 1 aliphatic rings. The monoisotopic (exact) mass is 297 g/mol. The number of carbonyl (C=O) groups is 2. The minimum absolute atomic E-state index is 0.0580. The summed E-state index contributed by atoms with van der Waals surface area (Å²) in [5.74, 6) is -1.43. The molecule has 0 saturated heterocycles. The summed E-state index contributed by atoms with van der Waals surface area (Å²) in [5, 5.41) is 9.18. The molecule has 1 amide bonds. The standard InChI is InChI=1S/C12H12BrNO3/c1-7(15)14-5-4-9(12(16)17)10-6-8(13)2-3-11(10)14/h2-3,6,9H,4-5H2,1H3,(H,16,17). The summed E-state index contributed by atoms with van der Waals surface area (Å²) in [7, 11) is 0. The molecule has 1 heterocycles. The van der Waals surface area contributed by atoms with Gasteiger partial charge in [0.15, 0.2) is 0 Å². The molecule has 1 unspecified atom stereocenters. The molecule has 1 atom stereocenters. The number of anilines is 1. The molecule has 17 heavy (non-hydrogen) atoms. The molecular weight excluding hydrogens is 286 g/mol. The first-order valence-corrected chi connectivity index (χ1v) is 6.10. The van der Waals surface area contributed by atoms with E-state index in [9.17, 15) is 14.7 Å². The van der Waals surface area contributed by atoms with E-state index in [0.717, 1.165) is 4.47 Å². The van der Waals surface area contributed by atoms with Crippen LogP contribution in [-0.4, -0.2) is 23.5 Å². The Morgan fingerprint density at radius 3 is 2.76 bits per heavy atom. The van der Waals surface area contributed by atoms with Crippen LogP contribution in [0.5, 0.6) is 0 Å². The van der Waals surface area contributed by atoms with E-state index in [2.05, 4.69) is 15.9 Å².